The van der Waals surface area contributed by atoms with Gasteiger partial charge in [-0.3, -0.25) is 9.59 Å². The first-order valence-electron chi connectivity index (χ1n) is 6.31. The predicted molar refractivity (Wildman–Crippen MR) is 82.3 cm³/mol. The van der Waals surface area contributed by atoms with E-state index in [1.165, 1.54) is 11.8 Å². The first kappa shape index (κ1) is 16.9. The number of amides is 1. The van der Waals surface area contributed by atoms with Crippen LogP contribution in [0.4, 0.5) is 0 Å². The van der Waals surface area contributed by atoms with Crippen LogP contribution in [0.1, 0.15) is 12.5 Å². The number of carboxylic acids is 1. The fraction of sp³-hybridized carbons (Fsp3) is 0.429. The Labute approximate surface area is 127 Å². The minimum Gasteiger partial charge on any atom is -0.481 e. The van der Waals surface area contributed by atoms with E-state index in [-0.39, 0.29) is 17.6 Å². The van der Waals surface area contributed by atoms with Gasteiger partial charge < -0.3 is 10.4 Å². The molecule has 0 aromatic heterocycles. The highest BCUT2D eigenvalue weighted by atomic mass is 35.5. The van der Waals surface area contributed by atoms with Crippen molar-refractivity contribution in [2.24, 2.45) is 5.92 Å². The molecule has 0 saturated heterocycles. The third-order valence-electron chi connectivity index (χ3n) is 2.70. The first-order valence-corrected chi connectivity index (χ1v) is 7.84. The molecule has 20 heavy (non-hydrogen) atoms. The minimum atomic E-state index is -0.839. The number of aliphatic carboxylic acids is 1. The summed E-state index contributed by atoms with van der Waals surface area (Å²) in [6.45, 7) is 2.33. The summed E-state index contributed by atoms with van der Waals surface area (Å²) in [5, 5.41) is 12.0. The van der Waals surface area contributed by atoms with E-state index < -0.39 is 5.97 Å². The lowest BCUT2D eigenvalue weighted by atomic mass is 10.0. The number of nitrogens with one attached hydrogen (secondary N) is 1. The molecule has 1 unspecified atom stereocenters. The number of rotatable bonds is 8. The van der Waals surface area contributed by atoms with E-state index in [1.807, 2.05) is 31.2 Å². The summed E-state index contributed by atoms with van der Waals surface area (Å²) in [5.41, 5.74) is 0.956. The Balaban J connectivity index is 2.29. The monoisotopic (exact) mass is 315 g/mol. The summed E-state index contributed by atoms with van der Waals surface area (Å²) in [6.07, 6.45) is 0.591. The molecule has 0 heterocycles. The maximum Gasteiger partial charge on any atom is 0.313 e. The SMILES string of the molecule is CC(Cc1ccccc1Cl)C(=O)NCCSCC(=O)O. The molecule has 1 rings (SSSR count). The molecule has 1 atom stereocenters. The Morgan fingerprint density at radius 1 is 1.40 bits per heavy atom. The average Bonchev–Trinajstić information content (AvgIpc) is 2.40. The largest absolute Gasteiger partial charge is 0.481 e. The standard InChI is InChI=1S/C14H18ClNO3S/c1-10(8-11-4-2-3-5-12(11)15)14(19)16-6-7-20-9-13(17)18/h2-5,10H,6-9H2,1H3,(H,16,19)(H,17,18). The Hall–Kier alpha value is -1.20. The maximum atomic E-state index is 11.9. The Kier molecular flexibility index (Phi) is 7.47. The summed E-state index contributed by atoms with van der Waals surface area (Å²) >= 11 is 7.34. The minimum absolute atomic E-state index is 0.0409. The van der Waals surface area contributed by atoms with Crippen LogP contribution in [0.2, 0.25) is 5.02 Å². The molecular formula is C14H18ClNO3S. The van der Waals surface area contributed by atoms with Crippen LogP contribution in [0.5, 0.6) is 0 Å². The molecule has 0 saturated carbocycles. The number of hydrogen-bond donors (Lipinski definition) is 2. The lowest BCUT2D eigenvalue weighted by molar-refractivity contribution is -0.133. The normalized spacial score (nSPS) is 11.9. The molecule has 4 nitrogen and oxygen atoms in total. The number of halogens is 1. The van der Waals surface area contributed by atoms with E-state index in [1.54, 1.807) is 0 Å². The van der Waals surface area contributed by atoms with Crippen molar-refractivity contribution in [1.29, 1.82) is 0 Å². The van der Waals surface area contributed by atoms with E-state index in [4.69, 9.17) is 16.7 Å². The van der Waals surface area contributed by atoms with Crippen LogP contribution >= 0.6 is 23.4 Å². The van der Waals surface area contributed by atoms with Crippen molar-refractivity contribution in [2.75, 3.05) is 18.1 Å². The van der Waals surface area contributed by atoms with E-state index >= 15 is 0 Å². The molecule has 0 aliphatic heterocycles. The molecule has 6 heteroatoms. The highest BCUT2D eigenvalue weighted by Crippen LogP contribution is 2.18. The molecule has 0 radical (unpaired) electrons. The lowest BCUT2D eigenvalue weighted by Crippen LogP contribution is -2.32. The van der Waals surface area contributed by atoms with E-state index in [9.17, 15) is 9.59 Å². The van der Waals surface area contributed by atoms with Gasteiger partial charge in [0.05, 0.1) is 5.75 Å². The molecule has 0 fully saturated rings. The second kappa shape index (κ2) is 8.87. The van der Waals surface area contributed by atoms with Gasteiger partial charge in [0.15, 0.2) is 0 Å². The Morgan fingerprint density at radius 2 is 2.10 bits per heavy atom. The summed E-state index contributed by atoms with van der Waals surface area (Å²) in [5.74, 6) is -0.393. The van der Waals surface area contributed by atoms with E-state index in [0.717, 1.165) is 5.56 Å². The third-order valence-corrected chi connectivity index (χ3v) is 4.02. The van der Waals surface area contributed by atoms with Gasteiger partial charge in [-0.25, -0.2) is 0 Å². The van der Waals surface area contributed by atoms with Crippen LogP contribution in [0.15, 0.2) is 24.3 Å². The fourth-order valence-electron chi connectivity index (χ4n) is 1.67. The number of carbonyl (C=O) groups excluding carboxylic acids is 1. The molecule has 1 aromatic rings. The number of carboxylic acid groups (broad SMARTS) is 1. The van der Waals surface area contributed by atoms with Gasteiger partial charge in [-0.15, -0.1) is 11.8 Å². The van der Waals surface area contributed by atoms with Gasteiger partial charge in [0, 0.05) is 23.2 Å². The number of thioether (sulfide) groups is 1. The van der Waals surface area contributed by atoms with Crippen LogP contribution in [-0.2, 0) is 16.0 Å². The summed E-state index contributed by atoms with van der Waals surface area (Å²) in [4.78, 5) is 22.2. The number of hydrogen-bond acceptors (Lipinski definition) is 3. The lowest BCUT2D eigenvalue weighted by Gasteiger charge is -2.13. The quantitative estimate of drug-likeness (QED) is 0.723. The number of carbonyl (C=O) groups is 2. The summed E-state index contributed by atoms with van der Waals surface area (Å²) in [7, 11) is 0. The molecule has 1 aromatic carbocycles. The molecule has 0 aliphatic carbocycles. The van der Waals surface area contributed by atoms with Gasteiger partial charge in [0.2, 0.25) is 5.91 Å². The van der Waals surface area contributed by atoms with Crippen LogP contribution < -0.4 is 5.32 Å². The van der Waals surface area contributed by atoms with Gasteiger partial charge in [0.1, 0.15) is 0 Å². The van der Waals surface area contributed by atoms with Gasteiger partial charge in [0.25, 0.3) is 0 Å². The Morgan fingerprint density at radius 3 is 2.75 bits per heavy atom. The zero-order valence-electron chi connectivity index (χ0n) is 11.3. The first-order chi connectivity index (χ1) is 9.50. The number of benzene rings is 1. The molecule has 0 aliphatic rings. The molecular weight excluding hydrogens is 298 g/mol. The van der Waals surface area contributed by atoms with Crippen LogP contribution in [0.3, 0.4) is 0 Å². The molecule has 2 N–H and O–H groups in total. The van der Waals surface area contributed by atoms with Crippen molar-refractivity contribution in [3.63, 3.8) is 0 Å². The third kappa shape index (κ3) is 6.30. The summed E-state index contributed by atoms with van der Waals surface area (Å²) in [6, 6.07) is 7.48. The molecule has 110 valence electrons. The van der Waals surface area contributed by atoms with Crippen molar-refractivity contribution >= 4 is 35.2 Å². The van der Waals surface area contributed by atoms with Crippen LogP contribution in [-0.4, -0.2) is 35.0 Å². The van der Waals surface area contributed by atoms with Gasteiger partial charge in [-0.1, -0.05) is 36.7 Å². The van der Waals surface area contributed by atoms with Crippen molar-refractivity contribution < 1.29 is 14.7 Å². The van der Waals surface area contributed by atoms with Gasteiger partial charge in [-0.2, -0.15) is 0 Å². The second-order valence-corrected chi connectivity index (χ2v) is 5.95. The fourth-order valence-corrected chi connectivity index (χ4v) is 2.44. The smallest absolute Gasteiger partial charge is 0.313 e. The molecule has 1 amide bonds. The van der Waals surface area contributed by atoms with Gasteiger partial charge in [-0.05, 0) is 18.1 Å². The van der Waals surface area contributed by atoms with Crippen LogP contribution in [0, 0.1) is 5.92 Å². The average molecular weight is 316 g/mol. The zero-order valence-corrected chi connectivity index (χ0v) is 12.8. The van der Waals surface area contributed by atoms with Crippen molar-refractivity contribution in [3.8, 4) is 0 Å². The van der Waals surface area contributed by atoms with Crippen molar-refractivity contribution in [3.05, 3.63) is 34.9 Å². The van der Waals surface area contributed by atoms with Crippen molar-refractivity contribution in [1.82, 2.24) is 5.32 Å². The Bertz CT molecular complexity index is 467. The van der Waals surface area contributed by atoms with Crippen LogP contribution in [0.25, 0.3) is 0 Å². The zero-order chi connectivity index (χ0) is 15.0. The van der Waals surface area contributed by atoms with E-state index in [0.29, 0.717) is 23.7 Å². The van der Waals surface area contributed by atoms with E-state index in [2.05, 4.69) is 5.32 Å². The van der Waals surface area contributed by atoms with Gasteiger partial charge >= 0.3 is 5.97 Å². The maximum absolute atomic E-state index is 11.9. The topological polar surface area (TPSA) is 66.4 Å². The second-order valence-electron chi connectivity index (χ2n) is 4.43. The highest BCUT2D eigenvalue weighted by Gasteiger charge is 2.14. The molecule has 0 bridgehead atoms. The summed E-state index contributed by atoms with van der Waals surface area (Å²) < 4.78 is 0. The van der Waals surface area contributed by atoms with Crippen molar-refractivity contribution in [2.45, 2.75) is 13.3 Å². The molecule has 0 spiro atoms. The highest BCUT2D eigenvalue weighted by molar-refractivity contribution is 7.99. The predicted octanol–water partition coefficient (Wildman–Crippen LogP) is 2.45.